The second-order valence-corrected chi connectivity index (χ2v) is 6.44. The van der Waals surface area contributed by atoms with Gasteiger partial charge in [-0.05, 0) is 18.7 Å². The van der Waals surface area contributed by atoms with Crippen LogP contribution in [-0.2, 0) is 14.4 Å². The van der Waals surface area contributed by atoms with Crippen molar-refractivity contribution in [1.29, 1.82) is 0 Å². The van der Waals surface area contributed by atoms with Crippen LogP contribution in [0.25, 0.3) is 0 Å². The van der Waals surface area contributed by atoms with Gasteiger partial charge in [-0.25, -0.2) is 13.5 Å². The van der Waals surface area contributed by atoms with Gasteiger partial charge in [0.1, 0.15) is 5.37 Å². The molecule has 1 fully saturated rings. The first-order valence-corrected chi connectivity index (χ1v) is 6.91. The Morgan fingerprint density at radius 2 is 2.25 bits per heavy atom. The van der Waals surface area contributed by atoms with Gasteiger partial charge < -0.3 is 4.57 Å². The topological polar surface area (TPSA) is 63.2 Å². The summed E-state index contributed by atoms with van der Waals surface area (Å²) >= 11 is 0. The van der Waals surface area contributed by atoms with E-state index in [0.717, 1.165) is 0 Å². The quantitative estimate of drug-likeness (QED) is 0.696. The Kier molecular flexibility index (Phi) is 3.09. The first kappa shape index (κ1) is 9.96. The molecule has 0 saturated carbocycles. The SMILES string of the molecule is C=C[PH](=O)NC1CCCS1(=O)=O. The maximum Gasteiger partial charge on any atom is 0.166 e. The van der Waals surface area contributed by atoms with Crippen molar-refractivity contribution in [3.8, 4) is 0 Å². The molecule has 1 heterocycles. The molecule has 12 heavy (non-hydrogen) atoms. The van der Waals surface area contributed by atoms with Gasteiger partial charge in [0.2, 0.25) is 0 Å². The van der Waals surface area contributed by atoms with Crippen LogP contribution in [0.3, 0.4) is 0 Å². The normalized spacial score (nSPS) is 29.8. The van der Waals surface area contributed by atoms with Gasteiger partial charge in [-0.3, -0.25) is 0 Å². The van der Waals surface area contributed by atoms with Gasteiger partial charge >= 0.3 is 0 Å². The van der Waals surface area contributed by atoms with E-state index in [1.54, 1.807) is 0 Å². The van der Waals surface area contributed by atoms with Crippen LogP contribution in [0.1, 0.15) is 12.8 Å². The van der Waals surface area contributed by atoms with Gasteiger partial charge in [0.05, 0.1) is 5.75 Å². The fourth-order valence-corrected chi connectivity index (χ4v) is 4.20. The molecule has 70 valence electrons. The summed E-state index contributed by atoms with van der Waals surface area (Å²) in [6, 6.07) is 0. The zero-order chi connectivity index (χ0) is 9.19. The smallest absolute Gasteiger partial charge is 0.166 e. The fraction of sp³-hybridized carbons (Fsp3) is 0.667. The van der Waals surface area contributed by atoms with Gasteiger partial charge in [-0.15, -0.1) is 0 Å². The van der Waals surface area contributed by atoms with Crippen molar-refractivity contribution in [1.82, 2.24) is 5.09 Å². The lowest BCUT2D eigenvalue weighted by Crippen LogP contribution is -2.27. The van der Waals surface area contributed by atoms with E-state index >= 15 is 0 Å². The minimum Gasteiger partial charge on any atom is -0.306 e. The molecule has 2 atom stereocenters. The molecular weight excluding hydrogens is 197 g/mol. The van der Waals surface area contributed by atoms with E-state index in [4.69, 9.17) is 0 Å². The van der Waals surface area contributed by atoms with Crippen molar-refractivity contribution in [2.24, 2.45) is 0 Å². The molecule has 1 aliphatic heterocycles. The van der Waals surface area contributed by atoms with Crippen LogP contribution >= 0.6 is 7.95 Å². The summed E-state index contributed by atoms with van der Waals surface area (Å²) in [4.78, 5) is 0. The average molecular weight is 209 g/mol. The second-order valence-electron chi connectivity index (χ2n) is 2.71. The Bertz CT molecular complexity index is 298. The number of hydrogen-bond acceptors (Lipinski definition) is 3. The van der Waals surface area contributed by atoms with Gasteiger partial charge in [-0.2, -0.15) is 0 Å². The van der Waals surface area contributed by atoms with E-state index < -0.39 is 23.2 Å². The highest BCUT2D eigenvalue weighted by Crippen LogP contribution is 2.25. The van der Waals surface area contributed by atoms with Crippen LogP contribution in [0.5, 0.6) is 0 Å². The highest BCUT2D eigenvalue weighted by Gasteiger charge is 2.31. The molecule has 1 aliphatic rings. The molecule has 1 rings (SSSR count). The van der Waals surface area contributed by atoms with Crippen molar-refractivity contribution in [2.45, 2.75) is 18.2 Å². The second kappa shape index (κ2) is 3.73. The molecule has 4 nitrogen and oxygen atoms in total. The zero-order valence-electron chi connectivity index (χ0n) is 6.62. The molecule has 0 aromatic carbocycles. The lowest BCUT2D eigenvalue weighted by molar-refractivity contribution is 0.567. The molecule has 0 radical (unpaired) electrons. The van der Waals surface area contributed by atoms with Gasteiger partial charge in [0, 0.05) is 0 Å². The van der Waals surface area contributed by atoms with Gasteiger partial charge in [0.15, 0.2) is 17.8 Å². The summed E-state index contributed by atoms with van der Waals surface area (Å²) in [7, 11) is -5.12. The number of sulfone groups is 1. The van der Waals surface area contributed by atoms with Crippen LogP contribution < -0.4 is 5.09 Å². The average Bonchev–Trinajstić information content (AvgIpc) is 2.31. The molecule has 0 aliphatic carbocycles. The molecule has 6 heteroatoms. The first-order valence-electron chi connectivity index (χ1n) is 3.71. The van der Waals surface area contributed by atoms with Crippen molar-refractivity contribution >= 4 is 17.8 Å². The summed E-state index contributed by atoms with van der Waals surface area (Å²) in [5.41, 5.74) is 0. The summed E-state index contributed by atoms with van der Waals surface area (Å²) in [5, 5.41) is 1.95. The molecule has 0 aromatic heterocycles. The lowest BCUT2D eigenvalue weighted by Gasteiger charge is -2.08. The summed E-state index contributed by atoms with van der Waals surface area (Å²) in [5.74, 6) is 1.47. The predicted octanol–water partition coefficient (Wildman–Crippen LogP) is 0.729. The van der Waals surface area contributed by atoms with E-state index in [0.29, 0.717) is 12.8 Å². The Balaban J connectivity index is 2.65. The third-order valence-electron chi connectivity index (χ3n) is 1.82. The highest BCUT2D eigenvalue weighted by atomic mass is 32.2. The minimum absolute atomic E-state index is 0.205. The Hall–Kier alpha value is -0.120. The summed E-state index contributed by atoms with van der Waals surface area (Å²) in [6.07, 6.45) is 1.22. The molecule has 1 saturated heterocycles. The fourth-order valence-electron chi connectivity index (χ4n) is 1.17. The lowest BCUT2D eigenvalue weighted by atomic mass is 10.3. The largest absolute Gasteiger partial charge is 0.306 e. The number of rotatable bonds is 3. The van der Waals surface area contributed by atoms with Crippen molar-refractivity contribution in [2.75, 3.05) is 5.75 Å². The summed E-state index contributed by atoms with van der Waals surface area (Å²) < 4.78 is 33.3. The van der Waals surface area contributed by atoms with E-state index in [2.05, 4.69) is 11.7 Å². The van der Waals surface area contributed by atoms with E-state index in [9.17, 15) is 13.0 Å². The maximum atomic E-state index is 11.2. The van der Waals surface area contributed by atoms with Crippen molar-refractivity contribution < 1.29 is 13.0 Å². The Morgan fingerprint density at radius 1 is 1.58 bits per heavy atom. The van der Waals surface area contributed by atoms with Gasteiger partial charge in [0.25, 0.3) is 0 Å². The molecule has 1 N–H and O–H groups in total. The third kappa shape index (κ3) is 2.19. The Labute approximate surface area is 72.8 Å². The Morgan fingerprint density at radius 3 is 2.67 bits per heavy atom. The standard InChI is InChI=1S/C6H12NO3PS/c1-2-11(8)7-6-4-3-5-12(6,9)10/h2,6,11H,1,3-5H2,(H,7,8). The van der Waals surface area contributed by atoms with E-state index in [1.807, 2.05) is 0 Å². The zero-order valence-corrected chi connectivity index (χ0v) is 8.43. The predicted molar refractivity (Wildman–Crippen MR) is 49.1 cm³/mol. The molecule has 0 amide bonds. The maximum absolute atomic E-state index is 11.2. The monoisotopic (exact) mass is 209 g/mol. The number of hydrogen-bond donors (Lipinski definition) is 1. The van der Waals surface area contributed by atoms with Crippen molar-refractivity contribution in [3.63, 3.8) is 0 Å². The van der Waals surface area contributed by atoms with Crippen molar-refractivity contribution in [3.05, 3.63) is 12.4 Å². The van der Waals surface area contributed by atoms with E-state index in [-0.39, 0.29) is 5.75 Å². The molecule has 2 unspecified atom stereocenters. The van der Waals surface area contributed by atoms with Gasteiger partial charge in [-0.1, -0.05) is 6.58 Å². The van der Waals surface area contributed by atoms with Crippen LogP contribution in [0, 0.1) is 0 Å². The first-order chi connectivity index (χ1) is 5.56. The van der Waals surface area contributed by atoms with Crippen LogP contribution in [0.4, 0.5) is 0 Å². The van der Waals surface area contributed by atoms with E-state index in [1.165, 1.54) is 5.82 Å². The molecular formula is C6H12NO3PS. The molecule has 0 bridgehead atoms. The minimum atomic E-state index is -3.03. The molecule has 0 aromatic rings. The van der Waals surface area contributed by atoms with Crippen LogP contribution in [0.15, 0.2) is 12.4 Å². The third-order valence-corrected chi connectivity index (χ3v) is 5.11. The molecule has 0 spiro atoms. The highest BCUT2D eigenvalue weighted by molar-refractivity contribution is 7.92. The van der Waals surface area contributed by atoms with Crippen LogP contribution in [0.2, 0.25) is 0 Å². The van der Waals surface area contributed by atoms with Crippen LogP contribution in [-0.4, -0.2) is 19.5 Å². The summed E-state index contributed by atoms with van der Waals surface area (Å²) in [6.45, 7) is 3.33. The number of nitrogens with one attached hydrogen (secondary N) is 1.